The summed E-state index contributed by atoms with van der Waals surface area (Å²) < 4.78 is 5.13. The molecule has 16 heavy (non-hydrogen) atoms. The second-order valence-corrected chi connectivity index (χ2v) is 5.22. The van der Waals surface area contributed by atoms with Crippen LogP contribution >= 0.6 is 0 Å². The van der Waals surface area contributed by atoms with Gasteiger partial charge in [0.1, 0.15) is 0 Å². The molecule has 1 unspecified atom stereocenters. The van der Waals surface area contributed by atoms with Gasteiger partial charge in [-0.2, -0.15) is 0 Å². The van der Waals surface area contributed by atoms with Gasteiger partial charge in [-0.25, -0.2) is 0 Å². The van der Waals surface area contributed by atoms with Crippen LogP contribution in [0.4, 0.5) is 0 Å². The van der Waals surface area contributed by atoms with Crippen LogP contribution in [0, 0.1) is 11.8 Å². The van der Waals surface area contributed by atoms with Crippen LogP contribution in [-0.2, 0) is 4.74 Å². The predicted octanol–water partition coefficient (Wildman–Crippen LogP) is 3.22. The highest BCUT2D eigenvalue weighted by atomic mass is 16.5. The molecule has 0 amide bonds. The summed E-state index contributed by atoms with van der Waals surface area (Å²) >= 11 is 0. The molecule has 1 rings (SSSR count). The molecule has 0 bridgehead atoms. The van der Waals surface area contributed by atoms with E-state index in [2.05, 4.69) is 19.3 Å². The molecule has 1 fully saturated rings. The number of methoxy groups -OCH3 is 1. The van der Waals surface area contributed by atoms with Crippen molar-refractivity contribution in [2.24, 2.45) is 11.8 Å². The fourth-order valence-electron chi connectivity index (χ4n) is 3.06. The van der Waals surface area contributed by atoms with E-state index in [9.17, 15) is 0 Å². The van der Waals surface area contributed by atoms with Gasteiger partial charge in [0.2, 0.25) is 0 Å². The highest BCUT2D eigenvalue weighted by molar-refractivity contribution is 4.80. The van der Waals surface area contributed by atoms with Crippen molar-refractivity contribution >= 4 is 0 Å². The number of hydrogen-bond donors (Lipinski definition) is 1. The Labute approximate surface area is 101 Å². The van der Waals surface area contributed by atoms with Gasteiger partial charge in [-0.15, -0.1) is 0 Å². The molecule has 2 nitrogen and oxygen atoms in total. The Bertz CT molecular complexity index is 161. The second-order valence-electron chi connectivity index (χ2n) is 5.22. The van der Waals surface area contributed by atoms with Gasteiger partial charge in [-0.3, -0.25) is 0 Å². The van der Waals surface area contributed by atoms with Gasteiger partial charge >= 0.3 is 0 Å². The van der Waals surface area contributed by atoms with Crippen molar-refractivity contribution in [3.05, 3.63) is 0 Å². The van der Waals surface area contributed by atoms with Gasteiger partial charge in [-0.05, 0) is 44.6 Å². The van der Waals surface area contributed by atoms with Crippen molar-refractivity contribution in [3.63, 3.8) is 0 Å². The van der Waals surface area contributed by atoms with Gasteiger partial charge in [0, 0.05) is 19.8 Å². The van der Waals surface area contributed by atoms with E-state index < -0.39 is 0 Å². The van der Waals surface area contributed by atoms with E-state index in [-0.39, 0.29) is 0 Å². The largest absolute Gasteiger partial charge is 0.385 e. The molecule has 0 aromatic rings. The van der Waals surface area contributed by atoms with Crippen LogP contribution in [0.2, 0.25) is 0 Å². The van der Waals surface area contributed by atoms with E-state index in [1.807, 2.05) is 0 Å². The third-order valence-corrected chi connectivity index (χ3v) is 4.27. The molecule has 1 saturated carbocycles. The lowest BCUT2D eigenvalue weighted by Crippen LogP contribution is -2.36. The van der Waals surface area contributed by atoms with Crippen LogP contribution in [0.1, 0.15) is 51.9 Å². The second kappa shape index (κ2) is 8.08. The molecule has 1 atom stereocenters. The average molecular weight is 227 g/mol. The van der Waals surface area contributed by atoms with Crippen molar-refractivity contribution in [1.82, 2.24) is 5.32 Å². The molecular weight excluding hydrogens is 198 g/mol. The van der Waals surface area contributed by atoms with Crippen LogP contribution in [-0.4, -0.2) is 26.8 Å². The van der Waals surface area contributed by atoms with Crippen molar-refractivity contribution < 1.29 is 4.74 Å². The third-order valence-electron chi connectivity index (χ3n) is 4.27. The van der Waals surface area contributed by atoms with Crippen LogP contribution in [0.15, 0.2) is 0 Å². The zero-order valence-electron chi connectivity index (χ0n) is 11.3. The first-order chi connectivity index (χ1) is 7.81. The minimum atomic E-state index is 0.716. The van der Waals surface area contributed by atoms with E-state index in [0.717, 1.165) is 18.4 Å². The summed E-state index contributed by atoms with van der Waals surface area (Å²) in [6.45, 7) is 3.24. The molecule has 0 aromatic carbocycles. The minimum Gasteiger partial charge on any atom is -0.385 e. The summed E-state index contributed by atoms with van der Waals surface area (Å²) in [5.41, 5.74) is 0. The normalized spacial score (nSPS) is 27.9. The number of ether oxygens (including phenoxy) is 1. The smallest absolute Gasteiger partial charge is 0.0462 e. The average Bonchev–Trinajstić information content (AvgIpc) is 2.35. The van der Waals surface area contributed by atoms with E-state index in [4.69, 9.17) is 4.74 Å². The highest BCUT2D eigenvalue weighted by Crippen LogP contribution is 2.33. The first-order valence-electron chi connectivity index (χ1n) is 6.98. The summed E-state index contributed by atoms with van der Waals surface area (Å²) in [7, 11) is 3.91. The quantitative estimate of drug-likeness (QED) is 0.674. The topological polar surface area (TPSA) is 21.3 Å². The lowest BCUT2D eigenvalue weighted by atomic mass is 9.76. The molecule has 0 heterocycles. The molecule has 1 N–H and O–H groups in total. The van der Waals surface area contributed by atoms with Gasteiger partial charge in [0.25, 0.3) is 0 Å². The molecular formula is C14H29NO. The Morgan fingerprint density at radius 1 is 1.25 bits per heavy atom. The molecule has 2 heteroatoms. The monoisotopic (exact) mass is 227 g/mol. The molecule has 0 radical (unpaired) electrons. The molecule has 0 spiro atoms. The summed E-state index contributed by atoms with van der Waals surface area (Å²) in [5.74, 6) is 1.91. The molecule has 0 aromatic heterocycles. The third kappa shape index (κ3) is 4.42. The molecule has 1 aliphatic carbocycles. The Balaban J connectivity index is 2.25. The molecule has 1 aliphatic rings. The number of hydrogen-bond acceptors (Lipinski definition) is 2. The molecule has 0 saturated heterocycles. The first-order valence-corrected chi connectivity index (χ1v) is 6.98. The van der Waals surface area contributed by atoms with Crippen molar-refractivity contribution in [3.8, 4) is 0 Å². The maximum absolute atomic E-state index is 5.13. The van der Waals surface area contributed by atoms with E-state index >= 15 is 0 Å². The van der Waals surface area contributed by atoms with Gasteiger partial charge in [-0.1, -0.05) is 26.2 Å². The van der Waals surface area contributed by atoms with Gasteiger partial charge < -0.3 is 10.1 Å². The number of nitrogens with one attached hydrogen (secondary N) is 1. The van der Waals surface area contributed by atoms with Crippen LogP contribution in [0.5, 0.6) is 0 Å². The van der Waals surface area contributed by atoms with Crippen molar-refractivity contribution in [1.29, 1.82) is 0 Å². The van der Waals surface area contributed by atoms with Crippen LogP contribution in [0.3, 0.4) is 0 Å². The summed E-state index contributed by atoms with van der Waals surface area (Å²) in [5, 5.41) is 3.51. The summed E-state index contributed by atoms with van der Waals surface area (Å²) in [6, 6.07) is 0.716. The first kappa shape index (κ1) is 14.0. The summed E-state index contributed by atoms with van der Waals surface area (Å²) in [6.07, 6.45) is 9.59. The Morgan fingerprint density at radius 2 is 1.94 bits per heavy atom. The fraction of sp³-hybridized carbons (Fsp3) is 1.00. The van der Waals surface area contributed by atoms with Crippen molar-refractivity contribution in [2.75, 3.05) is 20.8 Å². The van der Waals surface area contributed by atoms with E-state index in [1.165, 1.54) is 44.9 Å². The Hall–Kier alpha value is -0.0800. The summed E-state index contributed by atoms with van der Waals surface area (Å²) in [4.78, 5) is 0. The highest BCUT2D eigenvalue weighted by Gasteiger charge is 2.25. The Morgan fingerprint density at radius 3 is 2.44 bits per heavy atom. The molecule has 0 aliphatic heterocycles. The number of rotatable bonds is 7. The standard InChI is InChI=1S/C14H29NO/c1-4-12-7-9-13(10-8-12)14(15-2)6-5-11-16-3/h12-15H,4-11H2,1-3H3. The van der Waals surface area contributed by atoms with Crippen LogP contribution < -0.4 is 5.32 Å². The maximum Gasteiger partial charge on any atom is 0.0462 e. The lowest BCUT2D eigenvalue weighted by molar-refractivity contribution is 0.172. The molecule has 96 valence electrons. The minimum absolute atomic E-state index is 0.716. The van der Waals surface area contributed by atoms with Gasteiger partial charge in [0.05, 0.1) is 0 Å². The van der Waals surface area contributed by atoms with E-state index in [0.29, 0.717) is 6.04 Å². The van der Waals surface area contributed by atoms with E-state index in [1.54, 1.807) is 7.11 Å². The van der Waals surface area contributed by atoms with Crippen molar-refractivity contribution in [2.45, 2.75) is 57.9 Å². The fourth-order valence-corrected chi connectivity index (χ4v) is 3.06. The van der Waals surface area contributed by atoms with Crippen LogP contribution in [0.25, 0.3) is 0 Å². The Kier molecular flexibility index (Phi) is 7.06. The van der Waals surface area contributed by atoms with Gasteiger partial charge in [0.15, 0.2) is 0 Å². The SMILES string of the molecule is CCC1CCC(C(CCCOC)NC)CC1. The predicted molar refractivity (Wildman–Crippen MR) is 69.7 cm³/mol. The zero-order chi connectivity index (χ0) is 11.8. The zero-order valence-corrected chi connectivity index (χ0v) is 11.3. The maximum atomic E-state index is 5.13. The lowest BCUT2D eigenvalue weighted by Gasteiger charge is -2.33.